The van der Waals surface area contributed by atoms with Crippen molar-refractivity contribution in [3.63, 3.8) is 0 Å². The van der Waals surface area contributed by atoms with Crippen molar-refractivity contribution >= 4 is 14.0 Å². The molecule has 0 saturated heterocycles. The maximum absolute atomic E-state index is 10.8. The summed E-state index contributed by atoms with van der Waals surface area (Å²) in [6.45, 7) is 3.77. The average Bonchev–Trinajstić information content (AvgIpc) is 2.09. The number of carboxylic acids is 1. The molecular formula is C9H11BO3. The van der Waals surface area contributed by atoms with Crippen LogP contribution in [0.4, 0.5) is 0 Å². The van der Waals surface area contributed by atoms with Crippen LogP contribution in [0.5, 0.6) is 5.75 Å². The van der Waals surface area contributed by atoms with Crippen molar-refractivity contribution in [3.8, 4) is 5.75 Å². The van der Waals surface area contributed by atoms with Crippen molar-refractivity contribution in [1.82, 2.24) is 0 Å². The molecule has 0 bridgehead atoms. The van der Waals surface area contributed by atoms with Crippen LogP contribution in [-0.4, -0.2) is 19.1 Å². The Kier molecular flexibility index (Phi) is 2.61. The minimum absolute atomic E-state index is 0.214. The van der Waals surface area contributed by atoms with Crippen LogP contribution in [0.1, 0.15) is 21.5 Å². The van der Waals surface area contributed by atoms with E-state index < -0.39 is 5.97 Å². The van der Waals surface area contributed by atoms with Crippen LogP contribution < -0.4 is 4.65 Å². The van der Waals surface area contributed by atoms with Gasteiger partial charge in [-0.25, -0.2) is 4.79 Å². The molecule has 0 saturated carbocycles. The van der Waals surface area contributed by atoms with Gasteiger partial charge in [-0.2, -0.15) is 0 Å². The zero-order valence-electron chi connectivity index (χ0n) is 7.92. The number of aryl methyl sites for hydroxylation is 1. The van der Waals surface area contributed by atoms with Crippen molar-refractivity contribution < 1.29 is 14.6 Å². The quantitative estimate of drug-likeness (QED) is 0.685. The predicted octanol–water partition coefficient (Wildman–Crippen LogP) is 0.929. The Balaban J connectivity index is 3.38. The molecule has 0 unspecified atom stereocenters. The monoisotopic (exact) mass is 178 g/mol. The van der Waals surface area contributed by atoms with Crippen LogP contribution in [0, 0.1) is 13.8 Å². The van der Waals surface area contributed by atoms with E-state index in [2.05, 4.69) is 0 Å². The Morgan fingerprint density at radius 2 is 2.08 bits per heavy atom. The van der Waals surface area contributed by atoms with E-state index in [1.807, 2.05) is 13.8 Å². The first-order valence-electron chi connectivity index (χ1n) is 3.95. The van der Waals surface area contributed by atoms with E-state index in [-0.39, 0.29) is 5.56 Å². The van der Waals surface area contributed by atoms with Gasteiger partial charge in [0.1, 0.15) is 5.75 Å². The maximum Gasteiger partial charge on any atom is 0.339 e. The fourth-order valence-electron chi connectivity index (χ4n) is 1.22. The van der Waals surface area contributed by atoms with E-state index in [4.69, 9.17) is 9.76 Å². The third-order valence-electron chi connectivity index (χ3n) is 2.11. The molecular weight excluding hydrogens is 167 g/mol. The number of hydrogen-bond acceptors (Lipinski definition) is 2. The molecule has 4 heteroatoms. The lowest BCUT2D eigenvalue weighted by Gasteiger charge is -2.10. The number of rotatable bonds is 2. The van der Waals surface area contributed by atoms with Gasteiger partial charge in [-0.3, -0.25) is 0 Å². The van der Waals surface area contributed by atoms with Gasteiger partial charge in [0, 0.05) is 0 Å². The van der Waals surface area contributed by atoms with Crippen LogP contribution in [-0.2, 0) is 0 Å². The van der Waals surface area contributed by atoms with Crippen LogP contribution in [0.3, 0.4) is 0 Å². The van der Waals surface area contributed by atoms with Crippen molar-refractivity contribution in [2.24, 2.45) is 0 Å². The summed E-state index contributed by atoms with van der Waals surface area (Å²) in [6.07, 6.45) is 0. The van der Waals surface area contributed by atoms with Gasteiger partial charge in [0.05, 0.1) is 5.56 Å². The second kappa shape index (κ2) is 3.52. The zero-order chi connectivity index (χ0) is 10.0. The third kappa shape index (κ3) is 1.66. The second-order valence-electron chi connectivity index (χ2n) is 2.89. The lowest BCUT2D eigenvalue weighted by atomic mass is 10.0. The fourth-order valence-corrected chi connectivity index (χ4v) is 1.22. The zero-order valence-corrected chi connectivity index (χ0v) is 7.92. The topological polar surface area (TPSA) is 46.5 Å². The highest BCUT2D eigenvalue weighted by Crippen LogP contribution is 2.25. The minimum atomic E-state index is -0.958. The summed E-state index contributed by atoms with van der Waals surface area (Å²) in [4.78, 5) is 10.8. The molecule has 0 aliphatic rings. The molecule has 0 spiro atoms. The van der Waals surface area contributed by atoms with Gasteiger partial charge in [-0.15, -0.1) is 0 Å². The molecule has 13 heavy (non-hydrogen) atoms. The highest BCUT2D eigenvalue weighted by molar-refractivity contribution is 6.02. The normalized spacial score (nSPS) is 9.69. The molecule has 3 nitrogen and oxygen atoms in total. The van der Waals surface area contributed by atoms with Gasteiger partial charge < -0.3 is 9.76 Å². The third-order valence-corrected chi connectivity index (χ3v) is 2.11. The number of aromatic carboxylic acids is 1. The molecule has 0 amide bonds. The molecule has 0 aromatic heterocycles. The molecule has 0 atom stereocenters. The first kappa shape index (κ1) is 9.64. The summed E-state index contributed by atoms with van der Waals surface area (Å²) in [5.74, 6) is -0.507. The van der Waals surface area contributed by atoms with E-state index >= 15 is 0 Å². The van der Waals surface area contributed by atoms with Crippen LogP contribution in [0.2, 0.25) is 0 Å². The van der Waals surface area contributed by atoms with Gasteiger partial charge in [0.2, 0.25) is 0 Å². The summed E-state index contributed by atoms with van der Waals surface area (Å²) in [5.41, 5.74) is 2.12. The summed E-state index contributed by atoms with van der Waals surface area (Å²) >= 11 is 0. The van der Waals surface area contributed by atoms with Gasteiger partial charge in [-0.05, 0) is 31.0 Å². The summed E-state index contributed by atoms with van der Waals surface area (Å²) in [5, 5.41) is 8.83. The molecule has 0 aliphatic carbocycles. The van der Waals surface area contributed by atoms with Crippen molar-refractivity contribution in [1.29, 1.82) is 0 Å². The highest BCUT2D eigenvalue weighted by Gasteiger charge is 2.13. The number of benzene rings is 1. The van der Waals surface area contributed by atoms with E-state index in [0.717, 1.165) is 11.1 Å². The lowest BCUT2D eigenvalue weighted by molar-refractivity contribution is 0.0695. The second-order valence-corrected chi connectivity index (χ2v) is 2.89. The van der Waals surface area contributed by atoms with Gasteiger partial charge >= 0.3 is 14.0 Å². The van der Waals surface area contributed by atoms with Crippen LogP contribution in [0.15, 0.2) is 12.1 Å². The Morgan fingerprint density at radius 3 is 2.54 bits per heavy atom. The van der Waals surface area contributed by atoms with E-state index in [1.165, 1.54) is 8.05 Å². The first-order chi connectivity index (χ1) is 6.07. The summed E-state index contributed by atoms with van der Waals surface area (Å²) in [6, 6.07) is 3.34. The van der Waals surface area contributed by atoms with Crippen molar-refractivity contribution in [2.45, 2.75) is 13.8 Å². The first-order valence-corrected chi connectivity index (χ1v) is 3.95. The molecule has 0 aliphatic heterocycles. The molecule has 0 heterocycles. The van der Waals surface area contributed by atoms with Gasteiger partial charge in [0.25, 0.3) is 0 Å². The number of carbonyl (C=O) groups is 1. The molecule has 1 aromatic rings. The molecule has 0 radical (unpaired) electrons. The SMILES string of the molecule is BOc1c(C(=O)O)ccc(C)c1C. The highest BCUT2D eigenvalue weighted by atomic mass is 16.4. The minimum Gasteiger partial charge on any atom is -0.567 e. The molecule has 0 fully saturated rings. The van der Waals surface area contributed by atoms with E-state index in [9.17, 15) is 4.79 Å². The number of carboxylic acid groups (broad SMARTS) is 1. The summed E-state index contributed by atoms with van der Waals surface area (Å²) < 4.78 is 5.04. The standard InChI is InChI=1S/C9H11BO3/c1-5-3-4-7(9(11)12)8(13-10)6(5)2/h3-4H,10H2,1-2H3,(H,11,12). The fraction of sp³-hybridized carbons (Fsp3) is 0.222. The van der Waals surface area contributed by atoms with E-state index in [0.29, 0.717) is 5.75 Å². The van der Waals surface area contributed by atoms with Crippen molar-refractivity contribution in [3.05, 3.63) is 28.8 Å². The Morgan fingerprint density at radius 1 is 1.46 bits per heavy atom. The molecule has 68 valence electrons. The molecule has 1 N–H and O–H groups in total. The Bertz CT molecular complexity index is 347. The van der Waals surface area contributed by atoms with Crippen molar-refractivity contribution in [2.75, 3.05) is 0 Å². The summed E-state index contributed by atoms with van der Waals surface area (Å²) in [7, 11) is 1.48. The number of hydrogen-bond donors (Lipinski definition) is 1. The Hall–Kier alpha value is -1.45. The van der Waals surface area contributed by atoms with Gasteiger partial charge in [-0.1, -0.05) is 6.07 Å². The van der Waals surface area contributed by atoms with Crippen LogP contribution >= 0.6 is 0 Å². The average molecular weight is 178 g/mol. The maximum atomic E-state index is 10.8. The predicted molar refractivity (Wildman–Crippen MR) is 52.0 cm³/mol. The van der Waals surface area contributed by atoms with E-state index in [1.54, 1.807) is 12.1 Å². The Labute approximate surface area is 77.8 Å². The molecule has 1 aromatic carbocycles. The molecule has 1 rings (SSSR count). The van der Waals surface area contributed by atoms with Gasteiger partial charge in [0.15, 0.2) is 0 Å². The van der Waals surface area contributed by atoms with Crippen LogP contribution in [0.25, 0.3) is 0 Å². The smallest absolute Gasteiger partial charge is 0.339 e. The largest absolute Gasteiger partial charge is 0.567 e. The lowest BCUT2D eigenvalue weighted by Crippen LogP contribution is -2.03.